The lowest BCUT2D eigenvalue weighted by Crippen LogP contribution is -2.52. The van der Waals surface area contributed by atoms with E-state index in [0.717, 1.165) is 46.2 Å². The summed E-state index contributed by atoms with van der Waals surface area (Å²) in [5, 5.41) is 34.5. The number of benzene rings is 4. The molecule has 0 aromatic heterocycles. The molecule has 5 N–H and O–H groups in total. The number of ether oxygens (including phenoxy) is 4. The van der Waals surface area contributed by atoms with Gasteiger partial charge in [0.2, 0.25) is 0 Å². The first-order valence-corrected chi connectivity index (χ1v) is 16.9. The predicted octanol–water partition coefficient (Wildman–Crippen LogP) is 5.72. The van der Waals surface area contributed by atoms with Crippen LogP contribution in [-0.2, 0) is 30.9 Å². The highest BCUT2D eigenvalue weighted by molar-refractivity contribution is 5.78. The van der Waals surface area contributed by atoms with Crippen molar-refractivity contribution in [3.05, 3.63) is 106 Å². The van der Waals surface area contributed by atoms with Crippen LogP contribution in [0.4, 0.5) is 0 Å². The Morgan fingerprint density at radius 1 is 0.900 bits per heavy atom. The van der Waals surface area contributed by atoms with Crippen LogP contribution in [0.25, 0.3) is 11.1 Å². The quantitative estimate of drug-likeness (QED) is 0.0939. The molecule has 1 aliphatic rings. The van der Waals surface area contributed by atoms with Gasteiger partial charge in [-0.1, -0.05) is 48.5 Å². The lowest BCUT2D eigenvalue weighted by Gasteiger charge is -2.24. The van der Waals surface area contributed by atoms with E-state index in [4.69, 9.17) is 18.9 Å². The number of rotatable bonds is 17. The molecule has 10 heteroatoms. The third-order valence-electron chi connectivity index (χ3n) is 9.46. The number of aliphatic hydroxyl groups excluding tert-OH is 2. The molecule has 0 aliphatic heterocycles. The molecule has 0 saturated carbocycles. The lowest BCUT2D eigenvalue weighted by atomic mass is 9.91. The first kappa shape index (κ1) is 36.7. The molecule has 1 unspecified atom stereocenters. The summed E-state index contributed by atoms with van der Waals surface area (Å²) in [5.74, 6) is 1.37. The molecule has 266 valence electrons. The number of fused-ring (bicyclic) bond motifs is 1. The Hall–Kier alpha value is -4.61. The maximum atomic E-state index is 11.6. The van der Waals surface area contributed by atoms with Crippen molar-refractivity contribution in [1.82, 2.24) is 10.6 Å². The average molecular weight is 685 g/mol. The molecular formula is C40H48N2O8. The molecule has 1 aliphatic carbocycles. The monoisotopic (exact) mass is 684 g/mol. The van der Waals surface area contributed by atoms with Gasteiger partial charge >= 0.3 is 5.97 Å². The van der Waals surface area contributed by atoms with Crippen LogP contribution in [-0.4, -0.2) is 60.3 Å². The molecule has 5 rings (SSSR count). The number of carboxylic acid groups (broad SMARTS) is 1. The molecule has 0 saturated heterocycles. The van der Waals surface area contributed by atoms with Crippen molar-refractivity contribution in [3.63, 3.8) is 0 Å². The third-order valence-corrected chi connectivity index (χ3v) is 9.46. The zero-order chi connectivity index (χ0) is 35.8. The van der Waals surface area contributed by atoms with E-state index in [0.29, 0.717) is 36.1 Å². The second-order valence-electron chi connectivity index (χ2n) is 13.0. The number of hydrogen-bond donors (Lipinski definition) is 5. The maximum Gasteiger partial charge on any atom is 0.326 e. The van der Waals surface area contributed by atoms with Gasteiger partial charge in [0.05, 0.1) is 27.4 Å². The highest BCUT2D eigenvalue weighted by Crippen LogP contribution is 2.43. The van der Waals surface area contributed by atoms with Crippen molar-refractivity contribution < 1.29 is 39.1 Å². The van der Waals surface area contributed by atoms with E-state index in [1.165, 1.54) is 18.1 Å². The molecule has 0 radical (unpaired) electrons. The second-order valence-corrected chi connectivity index (χ2v) is 13.0. The molecule has 0 amide bonds. The molecule has 4 aromatic carbocycles. The Morgan fingerprint density at radius 3 is 2.24 bits per heavy atom. The Kier molecular flexibility index (Phi) is 12.0. The highest BCUT2D eigenvalue weighted by atomic mass is 16.5. The van der Waals surface area contributed by atoms with Crippen LogP contribution in [0.2, 0.25) is 0 Å². The van der Waals surface area contributed by atoms with Crippen LogP contribution in [0.5, 0.6) is 23.0 Å². The fraction of sp³-hybridized carbons (Fsp3) is 0.375. The summed E-state index contributed by atoms with van der Waals surface area (Å²) in [6, 6.07) is 24.1. The van der Waals surface area contributed by atoms with Gasteiger partial charge in [0.25, 0.3) is 0 Å². The Balaban J connectivity index is 1.30. The van der Waals surface area contributed by atoms with Crippen LogP contribution in [0.3, 0.4) is 0 Å². The summed E-state index contributed by atoms with van der Waals surface area (Å²) in [6.07, 6.45) is 1.53. The van der Waals surface area contributed by atoms with Crippen LogP contribution in [0.15, 0.2) is 72.8 Å². The van der Waals surface area contributed by atoms with E-state index in [1.54, 1.807) is 14.2 Å². The number of carboxylic acids is 1. The number of aliphatic carboxylic acids is 1. The summed E-state index contributed by atoms with van der Waals surface area (Å²) >= 11 is 0. The zero-order valence-electron chi connectivity index (χ0n) is 29.4. The van der Waals surface area contributed by atoms with Crippen LogP contribution < -0.4 is 29.6 Å². The number of nitrogens with one attached hydrogen (secondary N) is 2. The summed E-state index contributed by atoms with van der Waals surface area (Å²) < 4.78 is 24.1. The summed E-state index contributed by atoms with van der Waals surface area (Å²) in [7, 11) is 3.22. The SMILES string of the molecule is COc1cc(CN[C@@H](C)CO)ccc1OCc1cccc(-c2cccc3c2CCC3Oc2ccc(CN[C@@](C)(CO)C(=O)O)cc2OC)c1C. The van der Waals surface area contributed by atoms with Gasteiger partial charge in [0, 0.05) is 19.1 Å². The van der Waals surface area contributed by atoms with Crippen LogP contribution >= 0.6 is 0 Å². The van der Waals surface area contributed by atoms with Crippen molar-refractivity contribution in [3.8, 4) is 34.1 Å². The number of methoxy groups -OCH3 is 2. The Labute approximate surface area is 294 Å². The highest BCUT2D eigenvalue weighted by Gasteiger charge is 2.32. The minimum absolute atomic E-state index is 0.00560. The van der Waals surface area contributed by atoms with Gasteiger partial charge in [-0.2, -0.15) is 0 Å². The first-order chi connectivity index (χ1) is 24.1. The fourth-order valence-corrected chi connectivity index (χ4v) is 6.14. The van der Waals surface area contributed by atoms with Crippen molar-refractivity contribution in [2.45, 2.75) is 71.0 Å². The largest absolute Gasteiger partial charge is 0.493 e. The van der Waals surface area contributed by atoms with E-state index in [2.05, 4.69) is 54.0 Å². The average Bonchev–Trinajstić information content (AvgIpc) is 3.55. The van der Waals surface area contributed by atoms with Gasteiger partial charge in [-0.15, -0.1) is 0 Å². The minimum atomic E-state index is -1.45. The molecule has 0 heterocycles. The van der Waals surface area contributed by atoms with Crippen molar-refractivity contribution >= 4 is 5.97 Å². The normalized spacial score (nSPS) is 15.5. The van der Waals surface area contributed by atoms with Gasteiger partial charge in [-0.05, 0) is 102 Å². The van der Waals surface area contributed by atoms with E-state index in [-0.39, 0.29) is 25.3 Å². The van der Waals surface area contributed by atoms with Crippen LogP contribution in [0, 0.1) is 6.92 Å². The van der Waals surface area contributed by atoms with Gasteiger partial charge in [0.15, 0.2) is 23.0 Å². The number of hydrogen-bond acceptors (Lipinski definition) is 9. The number of aliphatic hydroxyl groups is 2. The summed E-state index contributed by atoms with van der Waals surface area (Å²) in [6.45, 7) is 6.29. The van der Waals surface area contributed by atoms with Crippen molar-refractivity contribution in [2.24, 2.45) is 0 Å². The molecule has 0 fully saturated rings. The molecular weight excluding hydrogens is 636 g/mol. The molecule has 10 nitrogen and oxygen atoms in total. The fourth-order valence-electron chi connectivity index (χ4n) is 6.14. The molecule has 0 bridgehead atoms. The van der Waals surface area contributed by atoms with E-state index in [9.17, 15) is 20.1 Å². The smallest absolute Gasteiger partial charge is 0.326 e. The number of carbonyl (C=O) groups is 1. The molecule has 0 spiro atoms. The maximum absolute atomic E-state index is 11.6. The standard InChI is InChI=1S/C40H48N2O8/c1-25(22-43)41-20-27-12-15-35(37(18-27)47-4)49-23-29-8-6-9-30(26(29)2)31-10-7-11-33-32(31)14-17-34(33)50-36-16-13-28(19-38(36)48-5)21-42-40(3,24-44)39(45)46/h6-13,15-16,18-19,25,34,41-44H,14,17,20-24H2,1-5H3,(H,45,46)/t25-,34?,40-/m0/s1. The van der Waals surface area contributed by atoms with Gasteiger partial charge in [-0.25, -0.2) is 0 Å². The Morgan fingerprint density at radius 2 is 1.56 bits per heavy atom. The van der Waals surface area contributed by atoms with Crippen LogP contribution in [0.1, 0.15) is 59.8 Å². The topological polar surface area (TPSA) is 139 Å². The summed E-state index contributed by atoms with van der Waals surface area (Å²) in [5.41, 5.74) is 7.36. The van der Waals surface area contributed by atoms with Gasteiger partial charge < -0.3 is 39.6 Å². The zero-order valence-corrected chi connectivity index (χ0v) is 29.4. The Bertz CT molecular complexity index is 1790. The second kappa shape index (κ2) is 16.4. The minimum Gasteiger partial charge on any atom is -0.493 e. The molecule has 4 aromatic rings. The summed E-state index contributed by atoms with van der Waals surface area (Å²) in [4.78, 5) is 11.6. The van der Waals surface area contributed by atoms with Gasteiger partial charge in [0.1, 0.15) is 18.2 Å². The van der Waals surface area contributed by atoms with Gasteiger partial charge in [-0.3, -0.25) is 10.1 Å². The molecule has 3 atom stereocenters. The predicted molar refractivity (Wildman–Crippen MR) is 192 cm³/mol. The van der Waals surface area contributed by atoms with E-state index < -0.39 is 18.1 Å². The van der Waals surface area contributed by atoms with Crippen molar-refractivity contribution in [2.75, 3.05) is 27.4 Å². The lowest BCUT2D eigenvalue weighted by molar-refractivity contribution is -0.145. The third kappa shape index (κ3) is 8.22. The first-order valence-electron chi connectivity index (χ1n) is 16.9. The van der Waals surface area contributed by atoms with Crippen molar-refractivity contribution in [1.29, 1.82) is 0 Å². The molecule has 50 heavy (non-hydrogen) atoms. The van der Waals surface area contributed by atoms with E-state index in [1.807, 2.05) is 43.3 Å². The van der Waals surface area contributed by atoms with E-state index >= 15 is 0 Å².